The molecule has 0 unspecified atom stereocenters. The number of hydrogen-bond donors (Lipinski definition) is 1. The van der Waals surface area contributed by atoms with E-state index in [-0.39, 0.29) is 35.2 Å². The molecule has 1 saturated carbocycles. The van der Waals surface area contributed by atoms with Crippen LogP contribution in [0.2, 0.25) is 5.02 Å². The lowest BCUT2D eigenvalue weighted by Crippen LogP contribution is -2.57. The van der Waals surface area contributed by atoms with E-state index in [4.69, 9.17) is 16.0 Å². The minimum Gasteiger partial charge on any atom is -0.451 e. The normalized spacial score (nSPS) is 25.9. The van der Waals surface area contributed by atoms with Gasteiger partial charge in [0.2, 0.25) is 0 Å². The van der Waals surface area contributed by atoms with Gasteiger partial charge in [-0.15, -0.1) is 0 Å². The van der Waals surface area contributed by atoms with Crippen LogP contribution in [0.3, 0.4) is 0 Å². The third-order valence-electron chi connectivity index (χ3n) is 6.04. The zero-order valence-corrected chi connectivity index (χ0v) is 15.3. The summed E-state index contributed by atoms with van der Waals surface area (Å²) in [5.41, 5.74) is -0.144. The Labute approximate surface area is 156 Å². The number of likely N-dealkylation sites (tertiary alicyclic amines) is 1. The molecule has 1 aliphatic carbocycles. The van der Waals surface area contributed by atoms with Gasteiger partial charge in [-0.1, -0.05) is 24.4 Å². The van der Waals surface area contributed by atoms with E-state index in [1.54, 1.807) is 18.2 Å². The average molecular weight is 376 g/mol. The topological polar surface area (TPSA) is 70.8 Å². The van der Waals surface area contributed by atoms with E-state index in [9.17, 15) is 14.7 Å². The molecular formula is C20H22ClNO4. The van der Waals surface area contributed by atoms with Crippen molar-refractivity contribution >= 4 is 28.5 Å². The molecule has 1 aromatic carbocycles. The van der Waals surface area contributed by atoms with Gasteiger partial charge in [-0.2, -0.15) is 0 Å². The largest absolute Gasteiger partial charge is 0.451 e. The molecule has 1 N–H and O–H groups in total. The highest BCUT2D eigenvalue weighted by Crippen LogP contribution is 2.46. The summed E-state index contributed by atoms with van der Waals surface area (Å²) in [4.78, 5) is 27.4. The summed E-state index contributed by atoms with van der Waals surface area (Å²) in [5.74, 6) is -0.225. The van der Waals surface area contributed by atoms with Crippen LogP contribution >= 0.6 is 11.6 Å². The van der Waals surface area contributed by atoms with Crippen LogP contribution in [0.5, 0.6) is 0 Å². The minimum atomic E-state index is -0.270. The van der Waals surface area contributed by atoms with Crippen LogP contribution in [0, 0.1) is 5.41 Å². The predicted octanol–water partition coefficient (Wildman–Crippen LogP) is 3.60. The molecule has 6 heteroatoms. The molecule has 4 rings (SSSR count). The van der Waals surface area contributed by atoms with Crippen LogP contribution < -0.4 is 5.43 Å². The maximum atomic E-state index is 13.2. The van der Waals surface area contributed by atoms with Crippen molar-refractivity contribution in [1.82, 2.24) is 4.90 Å². The Kier molecular flexibility index (Phi) is 4.53. The third-order valence-corrected chi connectivity index (χ3v) is 6.27. The Morgan fingerprint density at radius 2 is 2.08 bits per heavy atom. The minimum absolute atomic E-state index is 0.00265. The lowest BCUT2D eigenvalue weighted by molar-refractivity contribution is -0.0424. The molecule has 1 amide bonds. The Bertz CT molecular complexity index is 904. The number of aliphatic hydroxyl groups excluding tert-OH is 1. The van der Waals surface area contributed by atoms with Gasteiger partial charge in [-0.3, -0.25) is 9.59 Å². The lowest BCUT2D eigenvalue weighted by atomic mass is 9.65. The molecule has 1 aliphatic heterocycles. The highest BCUT2D eigenvalue weighted by molar-refractivity contribution is 6.31. The first-order valence-corrected chi connectivity index (χ1v) is 9.57. The summed E-state index contributed by atoms with van der Waals surface area (Å²) in [6.45, 7) is 0.723. The van der Waals surface area contributed by atoms with Gasteiger partial charge in [-0.25, -0.2) is 0 Å². The third kappa shape index (κ3) is 2.83. The van der Waals surface area contributed by atoms with Crippen LogP contribution in [-0.4, -0.2) is 35.1 Å². The molecule has 5 nitrogen and oxygen atoms in total. The van der Waals surface area contributed by atoms with E-state index in [2.05, 4.69) is 0 Å². The van der Waals surface area contributed by atoms with Gasteiger partial charge >= 0.3 is 0 Å². The number of carbonyl (C=O) groups excluding carboxylic acids is 1. The molecule has 26 heavy (non-hydrogen) atoms. The zero-order valence-electron chi connectivity index (χ0n) is 14.5. The Hall–Kier alpha value is -1.85. The quantitative estimate of drug-likeness (QED) is 0.870. The Balaban J connectivity index is 1.73. The predicted molar refractivity (Wildman–Crippen MR) is 99.5 cm³/mol. The van der Waals surface area contributed by atoms with E-state index in [1.807, 2.05) is 4.90 Å². The molecule has 2 fully saturated rings. The van der Waals surface area contributed by atoms with E-state index in [0.717, 1.165) is 38.5 Å². The second kappa shape index (κ2) is 6.71. The van der Waals surface area contributed by atoms with Gasteiger partial charge < -0.3 is 14.4 Å². The SMILES string of the molecule is O=C(c1cc(=O)c2ccc(Cl)cc2o1)N1CCC[C@@]2(CO)CCCC[C@H]12. The molecule has 2 aromatic rings. The monoisotopic (exact) mass is 375 g/mol. The molecule has 2 heterocycles. The van der Waals surface area contributed by atoms with Crippen LogP contribution in [0.25, 0.3) is 11.0 Å². The number of amides is 1. The molecule has 2 aliphatic rings. The Morgan fingerprint density at radius 3 is 2.88 bits per heavy atom. The number of rotatable bonds is 2. The molecule has 0 bridgehead atoms. The summed E-state index contributed by atoms with van der Waals surface area (Å²) in [6.07, 6.45) is 5.75. The number of fused-ring (bicyclic) bond motifs is 2. The van der Waals surface area contributed by atoms with Crippen molar-refractivity contribution in [3.05, 3.63) is 45.3 Å². The molecule has 1 aromatic heterocycles. The van der Waals surface area contributed by atoms with E-state index in [0.29, 0.717) is 22.5 Å². The number of nitrogens with zero attached hydrogens (tertiary/aromatic N) is 1. The molecule has 0 radical (unpaired) electrons. The second-order valence-corrected chi connectivity index (χ2v) is 7.94. The van der Waals surface area contributed by atoms with Crippen molar-refractivity contribution in [2.45, 2.75) is 44.6 Å². The van der Waals surface area contributed by atoms with Crippen molar-refractivity contribution in [1.29, 1.82) is 0 Å². The molecule has 0 spiro atoms. The maximum Gasteiger partial charge on any atom is 0.289 e. The van der Waals surface area contributed by atoms with E-state index in [1.165, 1.54) is 6.07 Å². The fourth-order valence-electron chi connectivity index (χ4n) is 4.71. The van der Waals surface area contributed by atoms with Crippen LogP contribution in [0.15, 0.2) is 33.5 Å². The first kappa shape index (κ1) is 17.6. The lowest BCUT2D eigenvalue weighted by Gasteiger charge is -2.51. The maximum absolute atomic E-state index is 13.2. The number of piperidine rings is 1. The number of hydrogen-bond acceptors (Lipinski definition) is 4. The van der Waals surface area contributed by atoms with Gasteiger partial charge in [0, 0.05) is 35.2 Å². The molecule has 2 atom stereocenters. The fraction of sp³-hybridized carbons (Fsp3) is 0.500. The van der Waals surface area contributed by atoms with Gasteiger partial charge in [0.25, 0.3) is 5.91 Å². The molecule has 1 saturated heterocycles. The fourth-order valence-corrected chi connectivity index (χ4v) is 4.87. The number of carbonyl (C=O) groups is 1. The first-order chi connectivity index (χ1) is 12.5. The highest BCUT2D eigenvalue weighted by atomic mass is 35.5. The summed E-state index contributed by atoms with van der Waals surface area (Å²) in [7, 11) is 0. The summed E-state index contributed by atoms with van der Waals surface area (Å²) < 4.78 is 5.75. The van der Waals surface area contributed by atoms with Crippen molar-refractivity contribution in [3.8, 4) is 0 Å². The van der Waals surface area contributed by atoms with Crippen molar-refractivity contribution in [2.24, 2.45) is 5.41 Å². The summed E-state index contributed by atoms with van der Waals surface area (Å²) >= 11 is 5.99. The standard InChI is InChI=1S/C20H22ClNO4/c21-13-5-6-14-15(24)11-17(26-16(14)10-13)19(25)22-9-3-8-20(12-23)7-2-1-4-18(20)22/h5-6,10-11,18,23H,1-4,7-9,12H2/t18-,20+/m0/s1. The van der Waals surface area contributed by atoms with Crippen LogP contribution in [-0.2, 0) is 0 Å². The van der Waals surface area contributed by atoms with Gasteiger partial charge in [0.1, 0.15) is 5.58 Å². The number of aliphatic hydroxyl groups is 1. The summed E-state index contributed by atoms with van der Waals surface area (Å²) in [5, 5.41) is 10.9. The van der Waals surface area contributed by atoms with Crippen molar-refractivity contribution in [2.75, 3.05) is 13.2 Å². The van der Waals surface area contributed by atoms with Crippen LogP contribution in [0.4, 0.5) is 0 Å². The first-order valence-electron chi connectivity index (χ1n) is 9.19. The van der Waals surface area contributed by atoms with Gasteiger partial charge in [-0.05, 0) is 37.8 Å². The highest BCUT2D eigenvalue weighted by Gasteiger charge is 2.47. The summed E-state index contributed by atoms with van der Waals surface area (Å²) in [6, 6.07) is 6.07. The van der Waals surface area contributed by atoms with Gasteiger partial charge in [0.15, 0.2) is 11.2 Å². The van der Waals surface area contributed by atoms with Gasteiger partial charge in [0.05, 0.1) is 12.0 Å². The molecular weight excluding hydrogens is 354 g/mol. The van der Waals surface area contributed by atoms with E-state index >= 15 is 0 Å². The van der Waals surface area contributed by atoms with Crippen molar-refractivity contribution < 1.29 is 14.3 Å². The Morgan fingerprint density at radius 1 is 1.27 bits per heavy atom. The second-order valence-electron chi connectivity index (χ2n) is 7.50. The molecule has 138 valence electrons. The van der Waals surface area contributed by atoms with E-state index < -0.39 is 0 Å². The zero-order chi connectivity index (χ0) is 18.3. The smallest absolute Gasteiger partial charge is 0.289 e. The average Bonchev–Trinajstić information content (AvgIpc) is 2.66. The number of benzene rings is 1. The van der Waals surface area contributed by atoms with Crippen molar-refractivity contribution in [3.63, 3.8) is 0 Å². The van der Waals surface area contributed by atoms with Crippen LogP contribution in [0.1, 0.15) is 49.1 Å². The number of halogens is 1.